The van der Waals surface area contributed by atoms with E-state index >= 15 is 0 Å². The van der Waals surface area contributed by atoms with Crippen molar-refractivity contribution >= 4 is 61.1 Å². The maximum Gasteiger partial charge on any atom is 0.333 e. The highest BCUT2D eigenvalue weighted by molar-refractivity contribution is 7.92. The Labute approximate surface area is 205 Å². The summed E-state index contributed by atoms with van der Waals surface area (Å²) in [6, 6.07) is 15.8. The van der Waals surface area contributed by atoms with E-state index in [-0.39, 0.29) is 9.77 Å². The number of benzene rings is 2. The zero-order valence-electron chi connectivity index (χ0n) is 18.0. The Morgan fingerprint density at radius 3 is 2.44 bits per heavy atom. The van der Waals surface area contributed by atoms with Crippen LogP contribution in [0.4, 0.5) is 16.2 Å². The average molecular weight is 517 g/mol. The second-order valence-electron chi connectivity index (χ2n) is 7.38. The number of nitrogens with zero attached hydrogens (tertiary/aromatic N) is 1. The van der Waals surface area contributed by atoms with Crippen molar-refractivity contribution < 1.29 is 13.2 Å². The summed E-state index contributed by atoms with van der Waals surface area (Å²) in [5.41, 5.74) is 1.76. The second kappa shape index (κ2) is 9.88. The SMILES string of the molecule is CCCNc1ccc2c(=O)n(-c3ccc(NC(=O)NS(=O)(=O)c4ccc(Cl)s4)cc3)ccc2c1. The van der Waals surface area contributed by atoms with E-state index < -0.39 is 16.1 Å². The Balaban J connectivity index is 1.49. The van der Waals surface area contributed by atoms with Crippen LogP contribution in [-0.4, -0.2) is 25.6 Å². The van der Waals surface area contributed by atoms with Gasteiger partial charge in [0.15, 0.2) is 0 Å². The molecule has 0 atom stereocenters. The van der Waals surface area contributed by atoms with E-state index in [1.807, 2.05) is 22.9 Å². The third kappa shape index (κ3) is 5.24. The molecule has 4 aromatic rings. The predicted octanol–water partition coefficient (Wildman–Crippen LogP) is 5.04. The van der Waals surface area contributed by atoms with Gasteiger partial charge < -0.3 is 10.6 Å². The molecule has 2 aromatic carbocycles. The number of aromatic nitrogens is 1. The number of fused-ring (bicyclic) bond motifs is 1. The highest BCUT2D eigenvalue weighted by Crippen LogP contribution is 2.25. The zero-order chi connectivity index (χ0) is 24.3. The number of pyridine rings is 1. The number of anilines is 2. The molecular weight excluding hydrogens is 496 g/mol. The maximum atomic E-state index is 13.0. The average Bonchev–Trinajstić information content (AvgIpc) is 3.25. The summed E-state index contributed by atoms with van der Waals surface area (Å²) in [6.07, 6.45) is 2.70. The van der Waals surface area contributed by atoms with Crippen LogP contribution in [0.25, 0.3) is 16.5 Å². The van der Waals surface area contributed by atoms with E-state index in [4.69, 9.17) is 11.6 Å². The van der Waals surface area contributed by atoms with E-state index in [1.54, 1.807) is 36.5 Å². The molecule has 0 aliphatic heterocycles. The quantitative estimate of drug-likeness (QED) is 0.319. The fourth-order valence-electron chi connectivity index (χ4n) is 3.31. The molecule has 2 amide bonds. The number of nitrogens with one attached hydrogen (secondary N) is 3. The van der Waals surface area contributed by atoms with Crippen LogP contribution in [0.2, 0.25) is 4.34 Å². The monoisotopic (exact) mass is 516 g/mol. The summed E-state index contributed by atoms with van der Waals surface area (Å²) in [4.78, 5) is 25.2. The molecule has 3 N–H and O–H groups in total. The maximum absolute atomic E-state index is 13.0. The molecule has 0 unspecified atom stereocenters. The van der Waals surface area contributed by atoms with Gasteiger partial charge in [-0.05, 0) is 72.5 Å². The molecular formula is C23H21ClN4O4S2. The van der Waals surface area contributed by atoms with Gasteiger partial charge in [0.05, 0.1) is 4.34 Å². The molecule has 34 heavy (non-hydrogen) atoms. The van der Waals surface area contributed by atoms with Crippen molar-refractivity contribution in [1.29, 1.82) is 0 Å². The van der Waals surface area contributed by atoms with Crippen LogP contribution >= 0.6 is 22.9 Å². The van der Waals surface area contributed by atoms with Gasteiger partial charge in [-0.2, -0.15) is 0 Å². The summed E-state index contributed by atoms with van der Waals surface area (Å²) in [5, 5.41) is 7.20. The van der Waals surface area contributed by atoms with Crippen LogP contribution in [-0.2, 0) is 10.0 Å². The standard InChI is InChI=1S/C23H21ClN4O4S2/c1-2-12-25-17-5-8-19-15(14-17)11-13-28(22(19)29)18-6-3-16(4-7-18)26-23(30)27-34(31,32)21-10-9-20(24)33-21/h3-11,13-14,25H,2,12H2,1H3,(H2,26,27,30). The first-order valence-corrected chi connectivity index (χ1v) is 13.0. The van der Waals surface area contributed by atoms with E-state index in [0.717, 1.165) is 35.4 Å². The molecule has 0 aliphatic carbocycles. The number of thiophene rings is 1. The Kier molecular flexibility index (Phi) is 6.92. The topological polar surface area (TPSA) is 109 Å². The largest absolute Gasteiger partial charge is 0.385 e. The minimum absolute atomic E-state index is 0.0630. The number of hydrogen-bond donors (Lipinski definition) is 3. The smallest absolute Gasteiger partial charge is 0.333 e. The van der Waals surface area contributed by atoms with Crippen LogP contribution in [0.5, 0.6) is 0 Å². The minimum atomic E-state index is -4.02. The molecule has 4 rings (SSSR count). The molecule has 0 radical (unpaired) electrons. The number of sulfonamides is 1. The third-order valence-corrected chi connectivity index (χ3v) is 7.98. The first-order valence-electron chi connectivity index (χ1n) is 10.4. The highest BCUT2D eigenvalue weighted by Gasteiger charge is 2.19. The third-order valence-electron chi connectivity index (χ3n) is 4.93. The summed E-state index contributed by atoms with van der Waals surface area (Å²) < 4.78 is 28.2. The van der Waals surface area contributed by atoms with Crippen molar-refractivity contribution in [1.82, 2.24) is 9.29 Å². The molecule has 2 aromatic heterocycles. The van der Waals surface area contributed by atoms with Crippen molar-refractivity contribution in [2.75, 3.05) is 17.2 Å². The van der Waals surface area contributed by atoms with Crippen molar-refractivity contribution in [2.45, 2.75) is 17.6 Å². The van der Waals surface area contributed by atoms with Gasteiger partial charge in [0.1, 0.15) is 4.21 Å². The van der Waals surface area contributed by atoms with Gasteiger partial charge in [-0.1, -0.05) is 18.5 Å². The second-order valence-corrected chi connectivity index (χ2v) is 11.0. The van der Waals surface area contributed by atoms with Gasteiger partial charge in [-0.15, -0.1) is 11.3 Å². The normalized spacial score (nSPS) is 11.4. The molecule has 0 saturated carbocycles. The Hall–Kier alpha value is -3.34. The predicted molar refractivity (Wildman–Crippen MR) is 137 cm³/mol. The highest BCUT2D eigenvalue weighted by atomic mass is 35.5. The van der Waals surface area contributed by atoms with Crippen molar-refractivity contribution in [3.05, 3.63) is 81.6 Å². The lowest BCUT2D eigenvalue weighted by Crippen LogP contribution is -2.33. The van der Waals surface area contributed by atoms with E-state index in [9.17, 15) is 18.0 Å². The molecule has 11 heteroatoms. The van der Waals surface area contributed by atoms with Gasteiger partial charge in [0.2, 0.25) is 0 Å². The van der Waals surface area contributed by atoms with Crippen molar-refractivity contribution in [2.24, 2.45) is 0 Å². The van der Waals surface area contributed by atoms with Crippen LogP contribution in [0.3, 0.4) is 0 Å². The molecule has 0 saturated heterocycles. The van der Waals surface area contributed by atoms with Crippen molar-refractivity contribution in [3.63, 3.8) is 0 Å². The molecule has 0 fully saturated rings. The summed E-state index contributed by atoms with van der Waals surface area (Å²) in [6.45, 7) is 2.94. The first kappa shape index (κ1) is 23.8. The number of rotatable bonds is 7. The molecule has 0 bridgehead atoms. The molecule has 8 nitrogen and oxygen atoms in total. The van der Waals surface area contributed by atoms with Gasteiger partial charge in [0, 0.05) is 35.2 Å². The number of hydrogen-bond acceptors (Lipinski definition) is 6. The fourth-order valence-corrected chi connectivity index (χ4v) is 5.70. The van der Waals surface area contributed by atoms with Crippen molar-refractivity contribution in [3.8, 4) is 5.69 Å². The van der Waals surface area contributed by atoms with Crippen LogP contribution < -0.4 is 20.9 Å². The number of carbonyl (C=O) groups is 1. The zero-order valence-corrected chi connectivity index (χ0v) is 20.4. The Morgan fingerprint density at radius 1 is 1.03 bits per heavy atom. The molecule has 0 aliphatic rings. The number of halogens is 1. The van der Waals surface area contributed by atoms with Crippen LogP contribution in [0.1, 0.15) is 13.3 Å². The first-order chi connectivity index (χ1) is 16.3. The molecule has 2 heterocycles. The summed E-state index contributed by atoms with van der Waals surface area (Å²) >= 11 is 6.61. The van der Waals surface area contributed by atoms with Crippen LogP contribution in [0.15, 0.2) is 75.9 Å². The Morgan fingerprint density at radius 2 is 1.76 bits per heavy atom. The van der Waals surface area contributed by atoms with Crippen LogP contribution in [0, 0.1) is 0 Å². The lowest BCUT2D eigenvalue weighted by molar-refractivity contribution is 0.256. The Bertz CT molecular complexity index is 1510. The van der Waals surface area contributed by atoms with Gasteiger partial charge >= 0.3 is 6.03 Å². The van der Waals surface area contributed by atoms with Gasteiger partial charge in [-0.3, -0.25) is 9.36 Å². The molecule has 176 valence electrons. The van der Waals surface area contributed by atoms with E-state index in [0.29, 0.717) is 21.1 Å². The molecule has 0 spiro atoms. The fraction of sp³-hybridized carbons (Fsp3) is 0.130. The lowest BCUT2D eigenvalue weighted by atomic mass is 10.1. The van der Waals surface area contributed by atoms with E-state index in [2.05, 4.69) is 17.6 Å². The number of carbonyl (C=O) groups excluding carboxylic acids is 1. The minimum Gasteiger partial charge on any atom is -0.385 e. The summed E-state index contributed by atoms with van der Waals surface area (Å²) in [7, 11) is -4.02. The van der Waals surface area contributed by atoms with E-state index in [1.165, 1.54) is 16.7 Å². The van der Waals surface area contributed by atoms with Gasteiger partial charge in [0.25, 0.3) is 15.6 Å². The van der Waals surface area contributed by atoms with Gasteiger partial charge in [-0.25, -0.2) is 17.9 Å². The lowest BCUT2D eigenvalue weighted by Gasteiger charge is -2.11. The summed E-state index contributed by atoms with van der Waals surface area (Å²) in [5.74, 6) is 0. The number of amides is 2. The number of urea groups is 1.